The van der Waals surface area contributed by atoms with Crippen LogP contribution >= 0.6 is 12.4 Å². The van der Waals surface area contributed by atoms with Gasteiger partial charge in [0.05, 0.1) is 0 Å². The number of nitrogens with one attached hydrogen (secondary N) is 2. The van der Waals surface area contributed by atoms with Crippen LogP contribution in [-0.4, -0.2) is 25.5 Å². The lowest BCUT2D eigenvalue weighted by Gasteiger charge is -2.41. The molecule has 1 aliphatic carbocycles. The van der Waals surface area contributed by atoms with Gasteiger partial charge in [-0.3, -0.25) is 4.79 Å². The molecule has 1 aliphatic heterocycles. The third kappa shape index (κ3) is 4.63. The van der Waals surface area contributed by atoms with Gasteiger partial charge in [-0.1, -0.05) is 20.3 Å². The van der Waals surface area contributed by atoms with Crippen LogP contribution in [0.25, 0.3) is 0 Å². The minimum absolute atomic E-state index is 0. The van der Waals surface area contributed by atoms with Gasteiger partial charge in [-0.15, -0.1) is 12.4 Å². The average molecular weight is 303 g/mol. The van der Waals surface area contributed by atoms with Gasteiger partial charge in [0.25, 0.3) is 0 Å². The smallest absolute Gasteiger partial charge is 0.220 e. The van der Waals surface area contributed by atoms with Crippen LogP contribution in [0.1, 0.15) is 58.8 Å². The Bertz CT molecular complexity index is 293. The summed E-state index contributed by atoms with van der Waals surface area (Å²) >= 11 is 0. The summed E-state index contributed by atoms with van der Waals surface area (Å²) in [4.78, 5) is 12.1. The highest BCUT2D eigenvalue weighted by atomic mass is 35.5. The Morgan fingerprint density at radius 2 is 2.15 bits per heavy atom. The molecule has 118 valence electrons. The van der Waals surface area contributed by atoms with Gasteiger partial charge in [-0.2, -0.15) is 0 Å². The largest absolute Gasteiger partial charge is 0.356 e. The van der Waals surface area contributed by atoms with Crippen LogP contribution in [0.15, 0.2) is 0 Å². The first-order valence-electron chi connectivity index (χ1n) is 8.13. The molecule has 1 saturated carbocycles. The van der Waals surface area contributed by atoms with E-state index in [1.165, 1.54) is 38.5 Å². The number of carbonyl (C=O) groups excluding carboxylic acids is 1. The van der Waals surface area contributed by atoms with E-state index in [1.54, 1.807) is 0 Å². The highest BCUT2D eigenvalue weighted by Gasteiger charge is 2.35. The van der Waals surface area contributed by atoms with E-state index in [2.05, 4.69) is 24.5 Å². The SMILES string of the molecule is CCC1(CNC(=O)CC(C)C2CCCNC2)CCC1.Cl. The lowest BCUT2D eigenvalue weighted by molar-refractivity contribution is -0.123. The summed E-state index contributed by atoms with van der Waals surface area (Å²) in [5, 5.41) is 6.63. The summed E-state index contributed by atoms with van der Waals surface area (Å²) in [7, 11) is 0. The zero-order valence-corrected chi connectivity index (χ0v) is 13.9. The van der Waals surface area contributed by atoms with Crippen LogP contribution in [-0.2, 0) is 4.79 Å². The molecule has 2 unspecified atom stereocenters. The first-order chi connectivity index (χ1) is 9.15. The second-order valence-electron chi connectivity index (χ2n) is 6.77. The Labute approximate surface area is 130 Å². The van der Waals surface area contributed by atoms with E-state index in [9.17, 15) is 4.79 Å². The molecule has 4 heteroatoms. The molecule has 2 rings (SSSR count). The quantitative estimate of drug-likeness (QED) is 0.791. The van der Waals surface area contributed by atoms with Gasteiger partial charge in [-0.05, 0) is 62.4 Å². The highest BCUT2D eigenvalue weighted by Crippen LogP contribution is 2.43. The third-order valence-electron chi connectivity index (χ3n) is 5.47. The van der Waals surface area contributed by atoms with E-state index in [1.807, 2.05) is 0 Å². The molecule has 0 radical (unpaired) electrons. The predicted octanol–water partition coefficient (Wildman–Crippen LogP) is 3.13. The van der Waals surface area contributed by atoms with Crippen LogP contribution in [0.3, 0.4) is 0 Å². The summed E-state index contributed by atoms with van der Waals surface area (Å²) < 4.78 is 0. The van der Waals surface area contributed by atoms with Gasteiger partial charge in [0, 0.05) is 13.0 Å². The minimum atomic E-state index is 0. The van der Waals surface area contributed by atoms with Crippen molar-refractivity contribution in [1.29, 1.82) is 0 Å². The van der Waals surface area contributed by atoms with Gasteiger partial charge >= 0.3 is 0 Å². The van der Waals surface area contributed by atoms with Crippen LogP contribution in [0, 0.1) is 17.3 Å². The van der Waals surface area contributed by atoms with Gasteiger partial charge in [-0.25, -0.2) is 0 Å². The van der Waals surface area contributed by atoms with Gasteiger partial charge < -0.3 is 10.6 Å². The molecular formula is C16H31ClN2O. The van der Waals surface area contributed by atoms with Gasteiger partial charge in [0.15, 0.2) is 0 Å². The minimum Gasteiger partial charge on any atom is -0.356 e. The van der Waals surface area contributed by atoms with E-state index in [0.717, 1.165) is 19.6 Å². The molecule has 2 aliphatic rings. The molecule has 1 amide bonds. The van der Waals surface area contributed by atoms with Crippen molar-refractivity contribution >= 4 is 18.3 Å². The van der Waals surface area contributed by atoms with E-state index >= 15 is 0 Å². The molecule has 2 atom stereocenters. The molecule has 1 heterocycles. The number of rotatable bonds is 6. The zero-order valence-electron chi connectivity index (χ0n) is 13.0. The molecule has 2 fully saturated rings. The second kappa shape index (κ2) is 8.23. The fraction of sp³-hybridized carbons (Fsp3) is 0.938. The van der Waals surface area contributed by atoms with Crippen molar-refractivity contribution in [3.8, 4) is 0 Å². The second-order valence-corrected chi connectivity index (χ2v) is 6.77. The Morgan fingerprint density at radius 3 is 2.65 bits per heavy atom. The maximum Gasteiger partial charge on any atom is 0.220 e. The van der Waals surface area contributed by atoms with Crippen molar-refractivity contribution in [2.45, 2.75) is 58.8 Å². The fourth-order valence-corrected chi connectivity index (χ4v) is 3.51. The number of halogens is 1. The third-order valence-corrected chi connectivity index (χ3v) is 5.47. The molecule has 1 saturated heterocycles. The highest BCUT2D eigenvalue weighted by molar-refractivity contribution is 5.85. The Balaban J connectivity index is 0.00000200. The summed E-state index contributed by atoms with van der Waals surface area (Å²) in [5.41, 5.74) is 0.436. The monoisotopic (exact) mass is 302 g/mol. The molecule has 0 aromatic rings. The lowest BCUT2D eigenvalue weighted by Crippen LogP contribution is -2.42. The number of carbonyl (C=O) groups is 1. The standard InChI is InChI=1S/C16H30N2O.ClH/c1-3-16(7-5-8-16)12-18-15(19)10-13(2)14-6-4-9-17-11-14;/h13-14,17H,3-12H2,1-2H3,(H,18,19);1H. The van der Waals surface area contributed by atoms with Crippen molar-refractivity contribution < 1.29 is 4.79 Å². The van der Waals surface area contributed by atoms with Crippen LogP contribution in [0.5, 0.6) is 0 Å². The van der Waals surface area contributed by atoms with E-state index in [0.29, 0.717) is 23.7 Å². The van der Waals surface area contributed by atoms with Gasteiger partial charge in [0.1, 0.15) is 0 Å². The topological polar surface area (TPSA) is 41.1 Å². The molecule has 20 heavy (non-hydrogen) atoms. The predicted molar refractivity (Wildman–Crippen MR) is 86.2 cm³/mol. The van der Waals surface area contributed by atoms with E-state index < -0.39 is 0 Å². The normalized spacial score (nSPS) is 26.0. The van der Waals surface area contributed by atoms with Crippen molar-refractivity contribution in [2.24, 2.45) is 17.3 Å². The van der Waals surface area contributed by atoms with Crippen LogP contribution in [0.2, 0.25) is 0 Å². The number of piperidine rings is 1. The Morgan fingerprint density at radius 1 is 1.40 bits per heavy atom. The molecule has 3 nitrogen and oxygen atoms in total. The molecule has 0 bridgehead atoms. The van der Waals surface area contributed by atoms with E-state index in [-0.39, 0.29) is 18.3 Å². The Hall–Kier alpha value is -0.280. The van der Waals surface area contributed by atoms with Crippen molar-refractivity contribution in [3.63, 3.8) is 0 Å². The Kier molecular flexibility index (Phi) is 7.32. The molecular weight excluding hydrogens is 272 g/mol. The maximum atomic E-state index is 12.1. The molecule has 0 aromatic heterocycles. The number of amides is 1. The summed E-state index contributed by atoms with van der Waals surface area (Å²) in [6, 6.07) is 0. The average Bonchev–Trinajstić information content (AvgIpc) is 2.39. The summed E-state index contributed by atoms with van der Waals surface area (Å²) in [6.45, 7) is 7.62. The lowest BCUT2D eigenvalue weighted by atomic mass is 9.67. The number of hydrogen-bond donors (Lipinski definition) is 2. The van der Waals surface area contributed by atoms with Crippen molar-refractivity contribution in [1.82, 2.24) is 10.6 Å². The number of hydrogen-bond acceptors (Lipinski definition) is 2. The molecule has 2 N–H and O–H groups in total. The molecule has 0 spiro atoms. The van der Waals surface area contributed by atoms with Crippen molar-refractivity contribution in [2.75, 3.05) is 19.6 Å². The zero-order chi connectivity index (χ0) is 13.7. The maximum absolute atomic E-state index is 12.1. The van der Waals surface area contributed by atoms with Crippen LogP contribution < -0.4 is 10.6 Å². The summed E-state index contributed by atoms with van der Waals surface area (Å²) in [5.74, 6) is 1.45. The first-order valence-corrected chi connectivity index (χ1v) is 8.13. The van der Waals surface area contributed by atoms with Crippen molar-refractivity contribution in [3.05, 3.63) is 0 Å². The fourth-order valence-electron chi connectivity index (χ4n) is 3.51. The first kappa shape index (κ1) is 17.8. The summed E-state index contributed by atoms with van der Waals surface area (Å²) in [6.07, 6.45) is 8.38. The van der Waals surface area contributed by atoms with Gasteiger partial charge in [0.2, 0.25) is 5.91 Å². The van der Waals surface area contributed by atoms with Crippen LogP contribution in [0.4, 0.5) is 0 Å². The molecule has 0 aromatic carbocycles. The van der Waals surface area contributed by atoms with E-state index in [4.69, 9.17) is 0 Å².